The fourth-order valence-corrected chi connectivity index (χ4v) is 5.94. The van der Waals surface area contributed by atoms with Crippen molar-refractivity contribution in [3.05, 3.63) is 34.2 Å². The highest BCUT2D eigenvalue weighted by Gasteiger charge is 2.35. The van der Waals surface area contributed by atoms with Crippen LogP contribution in [0, 0.1) is 5.92 Å². The molecule has 0 saturated carbocycles. The van der Waals surface area contributed by atoms with Gasteiger partial charge in [0.1, 0.15) is 0 Å². The van der Waals surface area contributed by atoms with Gasteiger partial charge in [-0.25, -0.2) is 9.65 Å². The minimum absolute atomic E-state index is 0.0757. The second-order valence-corrected chi connectivity index (χ2v) is 10.6. The summed E-state index contributed by atoms with van der Waals surface area (Å²) in [5.74, 6) is 0.717. The maximum atomic E-state index is 13.0. The summed E-state index contributed by atoms with van der Waals surface area (Å²) >= 11 is 0. The lowest BCUT2D eigenvalue weighted by atomic mass is 9.83. The van der Waals surface area contributed by atoms with E-state index < -0.39 is 13.9 Å². The van der Waals surface area contributed by atoms with Crippen molar-refractivity contribution in [2.24, 2.45) is 5.92 Å². The molecule has 2 aliphatic rings. The normalized spacial score (nSPS) is 22.3. The van der Waals surface area contributed by atoms with E-state index in [2.05, 4.69) is 9.99 Å². The van der Waals surface area contributed by atoms with Crippen molar-refractivity contribution in [1.82, 2.24) is 14.6 Å². The van der Waals surface area contributed by atoms with Crippen LogP contribution in [0.25, 0.3) is 0 Å². The number of β-amino-alcohol motifs (C(OH)–C–C–N with tert-alkyl or cyclic N) is 1. The molecule has 3 rings (SSSR count). The lowest BCUT2D eigenvalue weighted by molar-refractivity contribution is 0.0628. The molecule has 3 unspecified atom stereocenters. The highest BCUT2D eigenvalue weighted by atomic mass is 31.2. The Morgan fingerprint density at radius 3 is 2.55 bits per heavy atom. The average molecular weight is 456 g/mol. The summed E-state index contributed by atoms with van der Waals surface area (Å²) in [5, 5.41) is 13.5. The third-order valence-electron chi connectivity index (χ3n) is 6.06. The summed E-state index contributed by atoms with van der Waals surface area (Å²) in [5.41, 5.74) is 1.17. The third kappa shape index (κ3) is 6.98. The number of piperidine rings is 1. The molecule has 176 valence electrons. The summed E-state index contributed by atoms with van der Waals surface area (Å²) in [6.45, 7) is 7.88. The van der Waals surface area contributed by atoms with E-state index in [0.29, 0.717) is 31.6 Å². The van der Waals surface area contributed by atoms with Gasteiger partial charge in [0.2, 0.25) is 0 Å². The van der Waals surface area contributed by atoms with Gasteiger partial charge in [-0.3, -0.25) is 18.7 Å². The van der Waals surface area contributed by atoms with Crippen LogP contribution in [0.1, 0.15) is 57.6 Å². The quantitative estimate of drug-likeness (QED) is 0.349. The molecule has 1 fully saturated rings. The molecule has 3 heterocycles. The molecule has 2 bridgehead atoms. The first-order valence-electron chi connectivity index (χ1n) is 11.7. The van der Waals surface area contributed by atoms with Crippen LogP contribution >= 0.6 is 7.75 Å². The van der Waals surface area contributed by atoms with E-state index in [9.17, 15) is 14.5 Å². The smallest absolute Gasteiger partial charge is 0.390 e. The van der Waals surface area contributed by atoms with Gasteiger partial charge in [0.05, 0.1) is 19.3 Å². The summed E-state index contributed by atoms with van der Waals surface area (Å²) in [6, 6.07) is 5.50. The monoisotopic (exact) mass is 455 g/mol. The zero-order valence-corrected chi connectivity index (χ0v) is 19.8. The van der Waals surface area contributed by atoms with Crippen molar-refractivity contribution < 1.29 is 18.7 Å². The highest BCUT2D eigenvalue weighted by molar-refractivity contribution is 7.51. The Labute approximate surface area is 185 Å². The van der Waals surface area contributed by atoms with E-state index in [-0.39, 0.29) is 12.1 Å². The van der Waals surface area contributed by atoms with Gasteiger partial charge >= 0.3 is 7.75 Å². The van der Waals surface area contributed by atoms with Gasteiger partial charge in [-0.2, -0.15) is 0 Å². The predicted octanol–water partition coefficient (Wildman–Crippen LogP) is 2.96. The largest absolute Gasteiger partial charge is 0.405 e. The molecule has 1 aromatic rings. The third-order valence-corrected chi connectivity index (χ3v) is 7.68. The molecule has 0 spiro atoms. The van der Waals surface area contributed by atoms with Crippen molar-refractivity contribution in [3.63, 3.8) is 0 Å². The van der Waals surface area contributed by atoms with Crippen LogP contribution in [-0.2, 0) is 20.2 Å². The number of pyridine rings is 1. The molecule has 8 nitrogen and oxygen atoms in total. The Bertz CT molecular complexity index is 788. The minimum Gasteiger partial charge on any atom is -0.390 e. The molecule has 0 amide bonds. The molecule has 31 heavy (non-hydrogen) atoms. The van der Waals surface area contributed by atoms with Crippen LogP contribution in [0.2, 0.25) is 0 Å². The Hall–Kier alpha value is -1.02. The average Bonchev–Trinajstić information content (AvgIpc) is 2.74. The molecular weight excluding hydrogens is 417 g/mol. The second kappa shape index (κ2) is 11.7. The van der Waals surface area contributed by atoms with Crippen molar-refractivity contribution >= 4 is 7.75 Å². The van der Waals surface area contributed by atoms with Gasteiger partial charge in [0.25, 0.3) is 5.56 Å². The summed E-state index contributed by atoms with van der Waals surface area (Å²) in [6.07, 6.45) is 3.92. The van der Waals surface area contributed by atoms with Crippen molar-refractivity contribution in [1.29, 1.82) is 0 Å². The summed E-state index contributed by atoms with van der Waals surface area (Å²) in [7, 11) is -3.42. The molecule has 3 atom stereocenters. The Kier molecular flexibility index (Phi) is 9.32. The van der Waals surface area contributed by atoms with Crippen LogP contribution in [-0.4, -0.2) is 60.1 Å². The first-order chi connectivity index (χ1) is 14.9. The van der Waals surface area contributed by atoms with Gasteiger partial charge in [-0.05, 0) is 31.2 Å². The number of rotatable bonds is 13. The number of fused-ring (bicyclic) bond motifs is 4. The summed E-state index contributed by atoms with van der Waals surface area (Å²) < 4.78 is 26.0. The van der Waals surface area contributed by atoms with Gasteiger partial charge in [-0.15, -0.1) is 0 Å². The van der Waals surface area contributed by atoms with E-state index in [1.54, 1.807) is 6.07 Å². The zero-order chi connectivity index (χ0) is 22.3. The van der Waals surface area contributed by atoms with Gasteiger partial charge in [0, 0.05) is 50.4 Å². The lowest BCUT2D eigenvalue weighted by Gasteiger charge is -2.43. The standard InChI is InChI=1S/C22H38N3O5P/c1-3-5-10-29-31(28,30-11-6-4-2)23-13-20(26)17-24-14-18-12-19(16-24)21-8-7-9-22(27)25(21)15-18/h7-9,18-20,26H,3-6,10-17H2,1-2H3,(H,23,28). The molecular formula is C22H38N3O5P. The lowest BCUT2D eigenvalue weighted by Crippen LogP contribution is -2.49. The number of unbranched alkanes of at least 4 members (excludes halogenated alkanes) is 2. The topological polar surface area (TPSA) is 93.0 Å². The van der Waals surface area contributed by atoms with Crippen molar-refractivity contribution in [2.75, 3.05) is 39.4 Å². The number of likely N-dealkylation sites (tertiary alicyclic amines) is 1. The zero-order valence-electron chi connectivity index (χ0n) is 18.9. The van der Waals surface area contributed by atoms with Crippen LogP contribution in [0.4, 0.5) is 0 Å². The van der Waals surface area contributed by atoms with E-state index in [1.165, 1.54) is 0 Å². The molecule has 0 radical (unpaired) electrons. The van der Waals surface area contributed by atoms with Crippen LogP contribution in [0.15, 0.2) is 23.0 Å². The Morgan fingerprint density at radius 2 is 1.87 bits per heavy atom. The number of hydrogen-bond donors (Lipinski definition) is 2. The molecule has 2 aliphatic heterocycles. The maximum absolute atomic E-state index is 13.0. The molecule has 0 aliphatic carbocycles. The Morgan fingerprint density at radius 1 is 1.16 bits per heavy atom. The highest BCUT2D eigenvalue weighted by Crippen LogP contribution is 2.44. The van der Waals surface area contributed by atoms with Crippen LogP contribution < -0.4 is 10.6 Å². The van der Waals surface area contributed by atoms with Crippen molar-refractivity contribution in [3.8, 4) is 0 Å². The fraction of sp³-hybridized carbons (Fsp3) is 0.773. The van der Waals surface area contributed by atoms with E-state index in [0.717, 1.165) is 57.4 Å². The van der Waals surface area contributed by atoms with E-state index in [4.69, 9.17) is 9.05 Å². The molecule has 2 N–H and O–H groups in total. The summed E-state index contributed by atoms with van der Waals surface area (Å²) in [4.78, 5) is 14.4. The number of nitrogens with one attached hydrogen (secondary N) is 1. The van der Waals surface area contributed by atoms with Gasteiger partial charge < -0.3 is 9.67 Å². The van der Waals surface area contributed by atoms with Crippen LogP contribution in [0.5, 0.6) is 0 Å². The first-order valence-corrected chi connectivity index (χ1v) is 13.2. The molecule has 9 heteroatoms. The minimum atomic E-state index is -3.42. The number of aliphatic hydroxyl groups excluding tert-OH is 1. The number of aliphatic hydroxyl groups is 1. The first kappa shape index (κ1) is 24.6. The molecule has 1 aromatic heterocycles. The van der Waals surface area contributed by atoms with Gasteiger partial charge in [0.15, 0.2) is 0 Å². The Balaban J connectivity index is 1.52. The number of hydrogen-bond acceptors (Lipinski definition) is 6. The number of nitrogens with zero attached hydrogens (tertiary/aromatic N) is 2. The SMILES string of the molecule is CCCCOP(=O)(NCC(O)CN1CC2CC(C1)c1cccc(=O)n1C2)OCCCC. The number of aromatic nitrogens is 1. The molecule has 1 saturated heterocycles. The maximum Gasteiger partial charge on any atom is 0.405 e. The van der Waals surface area contributed by atoms with E-state index >= 15 is 0 Å². The predicted molar refractivity (Wildman–Crippen MR) is 121 cm³/mol. The van der Waals surface area contributed by atoms with Crippen LogP contribution in [0.3, 0.4) is 0 Å². The molecule has 0 aromatic carbocycles. The second-order valence-electron chi connectivity index (χ2n) is 8.80. The van der Waals surface area contributed by atoms with E-state index in [1.807, 2.05) is 30.5 Å². The van der Waals surface area contributed by atoms with Crippen molar-refractivity contribution in [2.45, 2.75) is 64.5 Å². The fourth-order valence-electron chi connectivity index (χ4n) is 4.51. The van der Waals surface area contributed by atoms with Gasteiger partial charge in [-0.1, -0.05) is 32.8 Å².